The first-order valence-corrected chi connectivity index (χ1v) is 7.24. The van der Waals surface area contributed by atoms with Crippen molar-refractivity contribution in [3.05, 3.63) is 23.8 Å². The minimum atomic E-state index is -0.0862. The summed E-state index contributed by atoms with van der Waals surface area (Å²) in [5.41, 5.74) is 0.500. The molecule has 108 valence electrons. The van der Waals surface area contributed by atoms with Gasteiger partial charge in [0.2, 0.25) is 0 Å². The molecule has 0 heterocycles. The van der Waals surface area contributed by atoms with Crippen LogP contribution in [-0.4, -0.2) is 26.2 Å². The second-order valence-electron chi connectivity index (χ2n) is 5.79. The highest BCUT2D eigenvalue weighted by Crippen LogP contribution is 2.44. The Kier molecular flexibility index (Phi) is 3.55. The molecule has 0 radical (unpaired) electrons. The molecule has 2 fully saturated rings. The first-order valence-electron chi connectivity index (χ1n) is 7.24. The lowest BCUT2D eigenvalue weighted by atomic mass is 9.95. The number of hydrogen-bond donors (Lipinski definition) is 1. The van der Waals surface area contributed by atoms with Crippen LogP contribution in [0.1, 0.15) is 36.0 Å². The highest BCUT2D eigenvalue weighted by molar-refractivity contribution is 5.99. The van der Waals surface area contributed by atoms with Crippen LogP contribution >= 0.6 is 0 Å². The molecule has 1 aromatic carbocycles. The second kappa shape index (κ2) is 5.35. The van der Waals surface area contributed by atoms with Gasteiger partial charge < -0.3 is 14.8 Å². The Bertz CT molecular complexity index is 492. The van der Waals surface area contributed by atoms with E-state index in [1.54, 1.807) is 26.4 Å². The number of ether oxygens (including phenoxy) is 2. The zero-order chi connectivity index (χ0) is 14.1. The summed E-state index contributed by atoms with van der Waals surface area (Å²) in [4.78, 5) is 12.6. The zero-order valence-corrected chi connectivity index (χ0v) is 12.0. The van der Waals surface area contributed by atoms with Gasteiger partial charge in [-0.2, -0.15) is 0 Å². The molecule has 0 spiro atoms. The molecule has 2 aliphatic carbocycles. The number of methoxy groups -OCH3 is 2. The van der Waals surface area contributed by atoms with Gasteiger partial charge in [-0.25, -0.2) is 0 Å². The molecule has 20 heavy (non-hydrogen) atoms. The molecular formula is C16H21NO3. The first-order chi connectivity index (χ1) is 9.72. The van der Waals surface area contributed by atoms with Gasteiger partial charge in [0.1, 0.15) is 17.1 Å². The minimum absolute atomic E-state index is 0.0862. The maximum atomic E-state index is 12.6. The summed E-state index contributed by atoms with van der Waals surface area (Å²) >= 11 is 0. The Labute approximate surface area is 119 Å². The van der Waals surface area contributed by atoms with E-state index < -0.39 is 0 Å². The van der Waals surface area contributed by atoms with Crippen LogP contribution in [0.2, 0.25) is 0 Å². The summed E-state index contributed by atoms with van der Waals surface area (Å²) in [5.74, 6) is 2.50. The van der Waals surface area contributed by atoms with E-state index in [0.29, 0.717) is 29.0 Å². The molecule has 4 heteroatoms. The van der Waals surface area contributed by atoms with E-state index in [0.717, 1.165) is 12.3 Å². The molecule has 2 bridgehead atoms. The topological polar surface area (TPSA) is 47.6 Å². The summed E-state index contributed by atoms with van der Waals surface area (Å²) in [5, 5.41) is 3.18. The van der Waals surface area contributed by atoms with E-state index in [1.807, 2.05) is 6.07 Å². The van der Waals surface area contributed by atoms with E-state index in [9.17, 15) is 4.79 Å². The Morgan fingerprint density at radius 2 is 1.85 bits per heavy atom. The predicted octanol–water partition coefficient (Wildman–Crippen LogP) is 2.62. The van der Waals surface area contributed by atoms with Crippen molar-refractivity contribution in [3.8, 4) is 11.5 Å². The van der Waals surface area contributed by atoms with Crippen molar-refractivity contribution in [2.24, 2.45) is 11.8 Å². The van der Waals surface area contributed by atoms with Gasteiger partial charge in [0.05, 0.1) is 14.2 Å². The van der Waals surface area contributed by atoms with Gasteiger partial charge in [0, 0.05) is 6.04 Å². The highest BCUT2D eigenvalue weighted by atomic mass is 16.5. The molecule has 1 aromatic rings. The van der Waals surface area contributed by atoms with Crippen LogP contribution in [0.15, 0.2) is 18.2 Å². The van der Waals surface area contributed by atoms with Crippen LogP contribution in [-0.2, 0) is 0 Å². The van der Waals surface area contributed by atoms with Gasteiger partial charge in [-0.1, -0.05) is 12.5 Å². The van der Waals surface area contributed by atoms with Gasteiger partial charge in [0.15, 0.2) is 0 Å². The maximum Gasteiger partial charge on any atom is 0.259 e. The minimum Gasteiger partial charge on any atom is -0.496 e. The van der Waals surface area contributed by atoms with Crippen LogP contribution < -0.4 is 14.8 Å². The number of fused-ring (bicyclic) bond motifs is 2. The average molecular weight is 275 g/mol. The highest BCUT2D eigenvalue weighted by Gasteiger charge is 2.40. The fourth-order valence-electron chi connectivity index (χ4n) is 3.74. The van der Waals surface area contributed by atoms with Crippen molar-refractivity contribution in [2.75, 3.05) is 14.2 Å². The Hall–Kier alpha value is -1.71. The maximum absolute atomic E-state index is 12.6. The van der Waals surface area contributed by atoms with E-state index in [1.165, 1.54) is 19.3 Å². The number of carbonyl (C=O) groups is 1. The Morgan fingerprint density at radius 3 is 2.35 bits per heavy atom. The molecule has 0 aromatic heterocycles. The molecule has 0 unspecified atom stereocenters. The number of rotatable bonds is 4. The smallest absolute Gasteiger partial charge is 0.259 e. The van der Waals surface area contributed by atoms with E-state index >= 15 is 0 Å². The van der Waals surface area contributed by atoms with Crippen molar-refractivity contribution in [1.82, 2.24) is 5.32 Å². The quantitative estimate of drug-likeness (QED) is 0.919. The monoisotopic (exact) mass is 275 g/mol. The molecule has 4 nitrogen and oxygen atoms in total. The molecule has 2 saturated carbocycles. The summed E-state index contributed by atoms with van der Waals surface area (Å²) in [6.45, 7) is 0. The standard InChI is InChI=1S/C16H21NO3/c1-19-13-4-3-5-14(20-2)15(13)16(18)17-12-9-10-6-7-11(12)8-10/h3-5,10-12H,6-9H2,1-2H3,(H,17,18)/t10-,11-,12-/m0/s1. The molecule has 3 atom stereocenters. The lowest BCUT2D eigenvalue weighted by Crippen LogP contribution is -2.38. The SMILES string of the molecule is COc1cccc(OC)c1C(=O)N[C@H]1C[C@H]2CC[C@H]1C2. The summed E-state index contributed by atoms with van der Waals surface area (Å²) in [6.07, 6.45) is 4.97. The van der Waals surface area contributed by atoms with Crippen molar-refractivity contribution in [2.45, 2.75) is 31.7 Å². The van der Waals surface area contributed by atoms with Gasteiger partial charge in [0.25, 0.3) is 5.91 Å². The largest absolute Gasteiger partial charge is 0.496 e. The third kappa shape index (κ3) is 2.23. The predicted molar refractivity (Wildman–Crippen MR) is 76.2 cm³/mol. The Balaban J connectivity index is 1.80. The first kappa shape index (κ1) is 13.3. The molecule has 2 aliphatic rings. The number of amides is 1. The van der Waals surface area contributed by atoms with Gasteiger partial charge in [-0.05, 0) is 43.2 Å². The van der Waals surface area contributed by atoms with Crippen molar-refractivity contribution in [3.63, 3.8) is 0 Å². The molecule has 1 amide bonds. The molecular weight excluding hydrogens is 254 g/mol. The van der Waals surface area contributed by atoms with Crippen LogP contribution in [0.5, 0.6) is 11.5 Å². The number of nitrogens with one attached hydrogen (secondary N) is 1. The molecule has 1 N–H and O–H groups in total. The second-order valence-corrected chi connectivity index (χ2v) is 5.79. The number of carbonyl (C=O) groups excluding carboxylic acids is 1. The molecule has 0 saturated heterocycles. The lowest BCUT2D eigenvalue weighted by molar-refractivity contribution is 0.0916. The van der Waals surface area contributed by atoms with Crippen molar-refractivity contribution < 1.29 is 14.3 Å². The fourth-order valence-corrected chi connectivity index (χ4v) is 3.74. The van der Waals surface area contributed by atoms with Gasteiger partial charge in [-0.3, -0.25) is 4.79 Å². The van der Waals surface area contributed by atoms with E-state index in [2.05, 4.69) is 5.32 Å². The number of hydrogen-bond acceptors (Lipinski definition) is 3. The molecule has 3 rings (SSSR count). The summed E-state index contributed by atoms with van der Waals surface area (Å²) in [7, 11) is 3.15. The van der Waals surface area contributed by atoms with Crippen LogP contribution in [0.4, 0.5) is 0 Å². The molecule has 0 aliphatic heterocycles. The third-order valence-corrected chi connectivity index (χ3v) is 4.71. The van der Waals surface area contributed by atoms with Crippen molar-refractivity contribution >= 4 is 5.91 Å². The van der Waals surface area contributed by atoms with Crippen LogP contribution in [0.3, 0.4) is 0 Å². The van der Waals surface area contributed by atoms with Crippen LogP contribution in [0.25, 0.3) is 0 Å². The summed E-state index contributed by atoms with van der Waals surface area (Å²) in [6, 6.07) is 5.72. The van der Waals surface area contributed by atoms with Gasteiger partial charge in [-0.15, -0.1) is 0 Å². The van der Waals surface area contributed by atoms with E-state index in [-0.39, 0.29) is 5.91 Å². The zero-order valence-electron chi connectivity index (χ0n) is 12.0. The number of benzene rings is 1. The summed E-state index contributed by atoms with van der Waals surface area (Å²) < 4.78 is 10.6. The van der Waals surface area contributed by atoms with Crippen molar-refractivity contribution in [1.29, 1.82) is 0 Å². The Morgan fingerprint density at radius 1 is 1.15 bits per heavy atom. The lowest BCUT2D eigenvalue weighted by Gasteiger charge is -2.23. The normalized spacial score (nSPS) is 27.4. The van der Waals surface area contributed by atoms with Crippen LogP contribution in [0, 0.1) is 11.8 Å². The van der Waals surface area contributed by atoms with Gasteiger partial charge >= 0.3 is 0 Å². The van der Waals surface area contributed by atoms with E-state index in [4.69, 9.17) is 9.47 Å². The average Bonchev–Trinajstić information content (AvgIpc) is 3.08. The fraction of sp³-hybridized carbons (Fsp3) is 0.562. The third-order valence-electron chi connectivity index (χ3n) is 4.71.